The quantitative estimate of drug-likeness (QED) is 0.575. The van der Waals surface area contributed by atoms with Gasteiger partial charge in [0.2, 0.25) is 5.60 Å². The normalized spacial score (nSPS) is 42.3. The fourth-order valence-electron chi connectivity index (χ4n) is 1.61. The van der Waals surface area contributed by atoms with E-state index in [1.54, 1.807) is 0 Å². The van der Waals surface area contributed by atoms with Crippen molar-refractivity contribution in [3.63, 3.8) is 0 Å². The molecule has 0 aromatic carbocycles. The van der Waals surface area contributed by atoms with Gasteiger partial charge in [-0.3, -0.25) is 0 Å². The Labute approximate surface area is 84.0 Å². The van der Waals surface area contributed by atoms with Gasteiger partial charge in [-0.05, 0) is 0 Å². The molecule has 1 heterocycles. The Bertz CT molecular complexity index is 244. The second-order valence-electron chi connectivity index (χ2n) is 3.16. The Balaban J connectivity index is 2.91. The number of aliphatic hydroxyl groups is 1. The van der Waals surface area contributed by atoms with Crippen molar-refractivity contribution >= 4 is 7.85 Å². The van der Waals surface area contributed by atoms with Gasteiger partial charge in [-0.15, -0.1) is 0 Å². The first kappa shape index (κ1) is 11.5. The van der Waals surface area contributed by atoms with Gasteiger partial charge in [-0.1, -0.05) is 0 Å². The molecule has 0 saturated carbocycles. The van der Waals surface area contributed by atoms with Gasteiger partial charge in [0, 0.05) is 20.2 Å². The number of ether oxygens (including phenoxy) is 3. The molecule has 0 aromatic heterocycles. The fourth-order valence-corrected chi connectivity index (χ4v) is 1.61. The van der Waals surface area contributed by atoms with E-state index in [1.165, 1.54) is 14.2 Å². The summed E-state index contributed by atoms with van der Waals surface area (Å²) in [6.07, 6.45) is -1.81. The highest BCUT2D eigenvalue weighted by Gasteiger charge is 2.54. The molecule has 14 heavy (non-hydrogen) atoms. The molecule has 1 saturated heterocycles. The van der Waals surface area contributed by atoms with Crippen LogP contribution in [-0.2, 0) is 14.2 Å². The second-order valence-corrected chi connectivity index (χ2v) is 3.16. The summed E-state index contributed by atoms with van der Waals surface area (Å²) < 4.78 is 15.0. The van der Waals surface area contributed by atoms with E-state index in [0.29, 0.717) is 0 Å². The predicted octanol–water partition coefficient (Wildman–Crippen LogP) is -1.20. The lowest BCUT2D eigenvalue weighted by Crippen LogP contribution is -2.46. The minimum absolute atomic E-state index is 0.00671. The van der Waals surface area contributed by atoms with Crippen molar-refractivity contribution in [2.75, 3.05) is 20.8 Å². The summed E-state index contributed by atoms with van der Waals surface area (Å²) in [6, 6.07) is 1.01. The molecule has 0 spiro atoms. The van der Waals surface area contributed by atoms with Crippen molar-refractivity contribution in [2.24, 2.45) is 0 Å². The summed E-state index contributed by atoms with van der Waals surface area (Å²) in [5.74, 6) is 0. The van der Waals surface area contributed by atoms with E-state index in [1.807, 2.05) is 6.07 Å². The second kappa shape index (κ2) is 4.28. The third-order valence-electron chi connectivity index (χ3n) is 2.25. The molecule has 0 aromatic rings. The number of hydrogen-bond donors (Lipinski definition) is 1. The molecule has 1 aliphatic rings. The summed E-state index contributed by atoms with van der Waals surface area (Å²) in [4.78, 5) is 0. The van der Waals surface area contributed by atoms with Crippen molar-refractivity contribution in [3.05, 3.63) is 0 Å². The Morgan fingerprint density at radius 2 is 2.29 bits per heavy atom. The zero-order valence-corrected chi connectivity index (χ0v) is 8.14. The molecule has 1 N–H and O–H groups in total. The Hall–Kier alpha value is -0.605. The monoisotopic (exact) mass is 197 g/mol. The fraction of sp³-hybridized carbons (Fsp3) is 0.875. The standard InChI is InChI=1S/C8H12BNO4/c1-12-4-8(3-10)6(13-2)5(11)7(9)14-8/h5-7,11H,4H2,1-2H3/t5?,6?,7-,8-/m1/s1. The number of hydrogen-bond acceptors (Lipinski definition) is 5. The highest BCUT2D eigenvalue weighted by molar-refractivity contribution is 6.11. The van der Waals surface area contributed by atoms with Crippen LogP contribution in [0.5, 0.6) is 0 Å². The van der Waals surface area contributed by atoms with Crippen LogP contribution in [0.1, 0.15) is 0 Å². The van der Waals surface area contributed by atoms with Crippen LogP contribution in [0.3, 0.4) is 0 Å². The molecule has 0 amide bonds. The molecule has 0 aliphatic carbocycles. The molecular weight excluding hydrogens is 185 g/mol. The van der Waals surface area contributed by atoms with Gasteiger partial charge in [0.15, 0.2) is 0 Å². The average Bonchev–Trinajstić information content (AvgIpc) is 2.40. The first-order chi connectivity index (χ1) is 6.61. The molecule has 0 bridgehead atoms. The molecular formula is C8H12BNO4. The minimum Gasteiger partial charge on any atom is -0.388 e. The van der Waals surface area contributed by atoms with E-state index < -0.39 is 23.8 Å². The summed E-state index contributed by atoms with van der Waals surface area (Å²) in [7, 11) is 8.29. The third kappa shape index (κ3) is 1.64. The molecule has 76 valence electrons. The maximum absolute atomic E-state index is 9.57. The number of rotatable bonds is 3. The first-order valence-corrected chi connectivity index (χ1v) is 4.15. The van der Waals surface area contributed by atoms with Crippen LogP contribution < -0.4 is 0 Å². The summed E-state index contributed by atoms with van der Waals surface area (Å²) in [5, 5.41) is 18.6. The Kier molecular flexibility index (Phi) is 3.51. The van der Waals surface area contributed by atoms with Gasteiger partial charge in [-0.2, -0.15) is 5.26 Å². The zero-order valence-electron chi connectivity index (χ0n) is 8.14. The summed E-state index contributed by atoms with van der Waals surface area (Å²) in [6.45, 7) is 0.00671. The SMILES string of the molecule is [B][C@@H]1O[C@](C#N)(COC)C(OC)C1O. The van der Waals surface area contributed by atoms with E-state index in [0.717, 1.165) is 0 Å². The zero-order chi connectivity index (χ0) is 10.8. The number of methoxy groups -OCH3 is 2. The van der Waals surface area contributed by atoms with Crippen LogP contribution in [0, 0.1) is 11.3 Å². The van der Waals surface area contributed by atoms with Gasteiger partial charge in [-0.25, -0.2) is 0 Å². The lowest BCUT2D eigenvalue weighted by Gasteiger charge is -2.26. The molecule has 6 heteroatoms. The lowest BCUT2D eigenvalue weighted by atomic mass is 9.90. The number of aliphatic hydroxyl groups excluding tert-OH is 1. The van der Waals surface area contributed by atoms with Crippen molar-refractivity contribution in [1.29, 1.82) is 5.26 Å². The van der Waals surface area contributed by atoms with E-state index in [2.05, 4.69) is 0 Å². The third-order valence-corrected chi connectivity index (χ3v) is 2.25. The van der Waals surface area contributed by atoms with Crippen LogP contribution >= 0.6 is 0 Å². The number of nitrogens with zero attached hydrogens (tertiary/aromatic N) is 1. The van der Waals surface area contributed by atoms with Crippen LogP contribution in [0.4, 0.5) is 0 Å². The van der Waals surface area contributed by atoms with E-state index in [4.69, 9.17) is 27.3 Å². The minimum atomic E-state index is -1.32. The predicted molar refractivity (Wildman–Crippen MR) is 47.7 cm³/mol. The first-order valence-electron chi connectivity index (χ1n) is 4.15. The van der Waals surface area contributed by atoms with Crippen molar-refractivity contribution in [1.82, 2.24) is 0 Å². The molecule has 5 nitrogen and oxygen atoms in total. The van der Waals surface area contributed by atoms with Crippen LogP contribution in [0.2, 0.25) is 0 Å². The molecule has 4 atom stereocenters. The van der Waals surface area contributed by atoms with Gasteiger partial charge in [0.1, 0.15) is 26.1 Å². The summed E-state index contributed by atoms with van der Waals surface area (Å²) >= 11 is 0. The van der Waals surface area contributed by atoms with Gasteiger partial charge < -0.3 is 19.3 Å². The van der Waals surface area contributed by atoms with Crippen LogP contribution in [-0.4, -0.2) is 57.6 Å². The number of nitriles is 1. The van der Waals surface area contributed by atoms with E-state index in [-0.39, 0.29) is 6.61 Å². The largest absolute Gasteiger partial charge is 0.388 e. The van der Waals surface area contributed by atoms with E-state index >= 15 is 0 Å². The van der Waals surface area contributed by atoms with Crippen molar-refractivity contribution < 1.29 is 19.3 Å². The molecule has 2 radical (unpaired) electrons. The molecule has 1 rings (SSSR count). The van der Waals surface area contributed by atoms with Crippen LogP contribution in [0.15, 0.2) is 0 Å². The van der Waals surface area contributed by atoms with Crippen molar-refractivity contribution in [3.8, 4) is 6.07 Å². The summed E-state index contributed by atoms with van der Waals surface area (Å²) in [5.41, 5.74) is -1.32. The van der Waals surface area contributed by atoms with Gasteiger partial charge in [0.25, 0.3) is 0 Å². The topological polar surface area (TPSA) is 71.7 Å². The van der Waals surface area contributed by atoms with Gasteiger partial charge in [0.05, 0.1) is 6.61 Å². The highest BCUT2D eigenvalue weighted by atomic mass is 16.6. The molecule has 1 aliphatic heterocycles. The van der Waals surface area contributed by atoms with Gasteiger partial charge >= 0.3 is 0 Å². The van der Waals surface area contributed by atoms with E-state index in [9.17, 15) is 5.11 Å². The van der Waals surface area contributed by atoms with Crippen molar-refractivity contribution in [2.45, 2.75) is 23.8 Å². The Morgan fingerprint density at radius 3 is 2.71 bits per heavy atom. The maximum atomic E-state index is 9.57. The van der Waals surface area contributed by atoms with Crippen LogP contribution in [0.25, 0.3) is 0 Å². The highest BCUT2D eigenvalue weighted by Crippen LogP contribution is 2.31. The molecule has 2 unspecified atom stereocenters. The lowest BCUT2D eigenvalue weighted by molar-refractivity contribution is -0.0841. The average molecular weight is 197 g/mol. The Morgan fingerprint density at radius 1 is 1.64 bits per heavy atom. The molecule has 1 fully saturated rings. The maximum Gasteiger partial charge on any atom is 0.205 e. The smallest absolute Gasteiger partial charge is 0.205 e.